The molecule has 0 amide bonds. The largest absolute Gasteiger partial charge is 2.00 e. The van der Waals surface area contributed by atoms with Crippen molar-refractivity contribution >= 4 is 23.1 Å². The summed E-state index contributed by atoms with van der Waals surface area (Å²) in [6.45, 7) is 2.09. The van der Waals surface area contributed by atoms with Crippen LogP contribution < -0.4 is 5.11 Å². The second kappa shape index (κ2) is 3.99. The molecule has 0 N–H and O–H groups in total. The SMILES string of the molecule is C[C@@H]1[CH-][C@@]1(C[O-])c1ccccc1.[Mg+2]. The fourth-order valence-corrected chi connectivity index (χ4v) is 1.77. The van der Waals surface area contributed by atoms with E-state index < -0.39 is 0 Å². The van der Waals surface area contributed by atoms with E-state index in [1.165, 1.54) is 5.56 Å². The van der Waals surface area contributed by atoms with Gasteiger partial charge in [0.25, 0.3) is 0 Å². The van der Waals surface area contributed by atoms with Gasteiger partial charge in [-0.25, -0.2) is 0 Å². The smallest absolute Gasteiger partial charge is 0.856 e. The zero-order valence-electron chi connectivity index (χ0n) is 7.86. The van der Waals surface area contributed by atoms with Crippen molar-refractivity contribution in [2.75, 3.05) is 6.61 Å². The predicted molar refractivity (Wildman–Crippen MR) is 52.2 cm³/mol. The van der Waals surface area contributed by atoms with Gasteiger partial charge < -0.3 is 11.5 Å². The number of benzene rings is 1. The van der Waals surface area contributed by atoms with Gasteiger partial charge in [0, 0.05) is 0 Å². The van der Waals surface area contributed by atoms with Crippen LogP contribution in [-0.2, 0) is 5.41 Å². The van der Waals surface area contributed by atoms with Crippen molar-refractivity contribution in [2.45, 2.75) is 12.3 Å². The summed E-state index contributed by atoms with van der Waals surface area (Å²) in [6, 6.07) is 10.0. The molecule has 0 radical (unpaired) electrons. The summed E-state index contributed by atoms with van der Waals surface area (Å²) in [5, 5.41) is 11.0. The average molecular weight is 185 g/mol. The van der Waals surface area contributed by atoms with Crippen LogP contribution in [0.3, 0.4) is 0 Å². The molecule has 2 rings (SSSR count). The minimum Gasteiger partial charge on any atom is -0.856 e. The summed E-state index contributed by atoms with van der Waals surface area (Å²) in [4.78, 5) is 0. The van der Waals surface area contributed by atoms with Gasteiger partial charge in [0.2, 0.25) is 0 Å². The van der Waals surface area contributed by atoms with E-state index in [9.17, 15) is 5.11 Å². The van der Waals surface area contributed by atoms with Crippen LogP contribution in [0.4, 0.5) is 0 Å². The van der Waals surface area contributed by atoms with Gasteiger partial charge in [-0.15, -0.1) is 0 Å². The molecule has 1 aliphatic rings. The Morgan fingerprint density at radius 3 is 2.31 bits per heavy atom. The third kappa shape index (κ3) is 1.76. The van der Waals surface area contributed by atoms with Gasteiger partial charge in [0.1, 0.15) is 0 Å². The first-order valence-corrected chi connectivity index (χ1v) is 4.29. The standard InChI is InChI=1S/C11H12O.Mg/c1-9-7-11(9,8-12)10-5-3-2-4-6-10;/h2-7,9H,8H2,1H3;/q-2;+2/t9-,11+;/m1./s1. The van der Waals surface area contributed by atoms with Gasteiger partial charge in [0.15, 0.2) is 0 Å². The topological polar surface area (TPSA) is 23.1 Å². The van der Waals surface area contributed by atoms with Crippen molar-refractivity contribution < 1.29 is 5.11 Å². The third-order valence-corrected chi connectivity index (χ3v) is 2.80. The molecule has 1 aromatic carbocycles. The van der Waals surface area contributed by atoms with Crippen LogP contribution in [-0.4, -0.2) is 29.7 Å². The Hall–Kier alpha value is -0.0538. The minimum absolute atomic E-state index is 0. The van der Waals surface area contributed by atoms with Gasteiger partial charge >= 0.3 is 23.1 Å². The fourth-order valence-electron chi connectivity index (χ4n) is 1.77. The maximum atomic E-state index is 11.0. The van der Waals surface area contributed by atoms with E-state index in [4.69, 9.17) is 0 Å². The molecule has 1 aromatic rings. The van der Waals surface area contributed by atoms with E-state index in [0.29, 0.717) is 5.92 Å². The Labute approximate surface area is 95.3 Å². The molecular formula is C11H12MgO. The molecule has 64 valence electrons. The summed E-state index contributed by atoms with van der Waals surface area (Å²) in [5.41, 5.74) is 1.04. The van der Waals surface area contributed by atoms with Crippen LogP contribution >= 0.6 is 0 Å². The Morgan fingerprint density at radius 2 is 1.92 bits per heavy atom. The van der Waals surface area contributed by atoms with E-state index >= 15 is 0 Å². The van der Waals surface area contributed by atoms with E-state index in [-0.39, 0.29) is 35.1 Å². The molecule has 0 aromatic heterocycles. The van der Waals surface area contributed by atoms with E-state index in [0.717, 1.165) is 0 Å². The Kier molecular flexibility index (Phi) is 3.38. The van der Waals surface area contributed by atoms with E-state index in [2.05, 4.69) is 13.3 Å². The normalized spacial score (nSPS) is 30.8. The summed E-state index contributed by atoms with van der Waals surface area (Å²) >= 11 is 0. The monoisotopic (exact) mass is 184 g/mol. The van der Waals surface area contributed by atoms with Crippen molar-refractivity contribution in [2.24, 2.45) is 5.92 Å². The first kappa shape index (κ1) is 11.0. The minimum atomic E-state index is -0.138. The Balaban J connectivity index is 0.000000845. The molecule has 2 heteroatoms. The molecule has 0 unspecified atom stereocenters. The summed E-state index contributed by atoms with van der Waals surface area (Å²) in [6.07, 6.45) is 2.13. The molecule has 0 bridgehead atoms. The second-order valence-electron chi connectivity index (χ2n) is 3.51. The van der Waals surface area contributed by atoms with Crippen molar-refractivity contribution in [1.82, 2.24) is 0 Å². The van der Waals surface area contributed by atoms with Gasteiger partial charge in [0.05, 0.1) is 0 Å². The van der Waals surface area contributed by atoms with Crippen molar-refractivity contribution in [3.63, 3.8) is 0 Å². The fraction of sp³-hybridized carbons (Fsp3) is 0.364. The van der Waals surface area contributed by atoms with Crippen LogP contribution in [0.1, 0.15) is 12.5 Å². The number of hydrogen-bond acceptors (Lipinski definition) is 1. The molecule has 1 aliphatic carbocycles. The van der Waals surface area contributed by atoms with Gasteiger partial charge in [-0.05, 0) is 0 Å². The van der Waals surface area contributed by atoms with Crippen LogP contribution in [0.15, 0.2) is 30.3 Å². The molecule has 1 saturated carbocycles. The van der Waals surface area contributed by atoms with Crippen LogP contribution in [0, 0.1) is 12.3 Å². The molecule has 1 fully saturated rings. The molecule has 0 heterocycles. The average Bonchev–Trinajstić information content (AvgIpc) is 2.80. The predicted octanol–water partition coefficient (Wildman–Crippen LogP) is 0.758. The second-order valence-corrected chi connectivity index (χ2v) is 3.51. The molecular weight excluding hydrogens is 172 g/mol. The zero-order valence-corrected chi connectivity index (χ0v) is 9.28. The van der Waals surface area contributed by atoms with Crippen LogP contribution in [0.2, 0.25) is 0 Å². The van der Waals surface area contributed by atoms with Gasteiger partial charge in [-0.1, -0.05) is 42.8 Å². The third-order valence-electron chi connectivity index (χ3n) is 2.80. The van der Waals surface area contributed by atoms with E-state index in [1.807, 2.05) is 30.3 Å². The molecule has 0 saturated heterocycles. The Bertz CT molecular complexity index is 269. The molecule has 2 atom stereocenters. The molecule has 13 heavy (non-hydrogen) atoms. The maximum absolute atomic E-state index is 11.0. The molecule has 0 aliphatic heterocycles. The maximum Gasteiger partial charge on any atom is 2.00 e. The van der Waals surface area contributed by atoms with Gasteiger partial charge in [-0.2, -0.15) is 17.9 Å². The number of rotatable bonds is 2. The number of hydrogen-bond donors (Lipinski definition) is 0. The summed E-state index contributed by atoms with van der Waals surface area (Å²) in [7, 11) is 0. The van der Waals surface area contributed by atoms with Crippen molar-refractivity contribution in [1.29, 1.82) is 0 Å². The summed E-state index contributed by atoms with van der Waals surface area (Å²) in [5.74, 6) is 0.456. The quantitative estimate of drug-likeness (QED) is 0.492. The van der Waals surface area contributed by atoms with Gasteiger partial charge in [-0.3, -0.25) is 0 Å². The van der Waals surface area contributed by atoms with E-state index in [1.54, 1.807) is 0 Å². The van der Waals surface area contributed by atoms with Crippen LogP contribution in [0.25, 0.3) is 0 Å². The zero-order chi connectivity index (χ0) is 8.60. The Morgan fingerprint density at radius 1 is 1.38 bits per heavy atom. The molecule has 0 spiro atoms. The molecule has 1 nitrogen and oxygen atoms in total. The van der Waals surface area contributed by atoms with Crippen molar-refractivity contribution in [3.05, 3.63) is 42.3 Å². The van der Waals surface area contributed by atoms with Crippen molar-refractivity contribution in [3.8, 4) is 0 Å². The summed E-state index contributed by atoms with van der Waals surface area (Å²) < 4.78 is 0. The van der Waals surface area contributed by atoms with Crippen LogP contribution in [0.5, 0.6) is 0 Å². The first-order chi connectivity index (χ1) is 5.79. The first-order valence-electron chi connectivity index (χ1n) is 4.29.